The summed E-state index contributed by atoms with van der Waals surface area (Å²) >= 11 is 0. The van der Waals surface area contributed by atoms with Gasteiger partial charge >= 0.3 is 0 Å². The molecule has 0 fully saturated rings. The summed E-state index contributed by atoms with van der Waals surface area (Å²) in [6.45, 7) is 0. The summed E-state index contributed by atoms with van der Waals surface area (Å²) in [4.78, 5) is 2.37. The van der Waals surface area contributed by atoms with Crippen LogP contribution in [0.25, 0.3) is 33.2 Å². The SMILES string of the molecule is C1=CC(c2ccc(N(c3ccccc3)c3cccc4ccccc34)cc2)C2=CCc3cccc4ccc1c2c34. The van der Waals surface area contributed by atoms with Crippen molar-refractivity contribution in [3.63, 3.8) is 0 Å². The van der Waals surface area contributed by atoms with Crippen molar-refractivity contribution in [2.45, 2.75) is 12.3 Å². The Morgan fingerprint density at radius 2 is 1.33 bits per heavy atom. The Morgan fingerprint density at radius 3 is 2.23 bits per heavy atom. The molecule has 0 saturated heterocycles. The third-order valence-corrected chi connectivity index (χ3v) is 8.33. The standard InChI is InChI=1S/C38H27N/c1-2-12-31(13-3-1)39(36-15-7-9-26-8-4-5-14-34(26)36)32-22-18-27(19-23-32)33-24-20-30-17-16-28-10-6-11-29-21-25-35(33)38(30)37(28)29/h1-20,22-25,33H,21H2. The van der Waals surface area contributed by atoms with E-state index < -0.39 is 0 Å². The van der Waals surface area contributed by atoms with Crippen molar-refractivity contribution in [1.82, 2.24) is 0 Å². The van der Waals surface area contributed by atoms with Crippen molar-refractivity contribution in [2.24, 2.45) is 0 Å². The number of allylic oxidation sites excluding steroid dienone is 3. The van der Waals surface area contributed by atoms with Gasteiger partial charge in [0, 0.05) is 22.7 Å². The normalized spacial score (nSPS) is 15.4. The zero-order valence-electron chi connectivity index (χ0n) is 21.6. The van der Waals surface area contributed by atoms with Gasteiger partial charge in [-0.05, 0) is 80.7 Å². The summed E-state index contributed by atoms with van der Waals surface area (Å²) < 4.78 is 0. The van der Waals surface area contributed by atoms with E-state index in [1.54, 1.807) is 0 Å². The third kappa shape index (κ3) is 3.55. The molecule has 39 heavy (non-hydrogen) atoms. The molecular formula is C38H27N. The lowest BCUT2D eigenvalue weighted by Gasteiger charge is -2.30. The van der Waals surface area contributed by atoms with Gasteiger partial charge in [-0.25, -0.2) is 0 Å². The second-order valence-electron chi connectivity index (χ2n) is 10.5. The average molecular weight is 498 g/mol. The summed E-state index contributed by atoms with van der Waals surface area (Å²) in [5.74, 6) is 0.258. The number of para-hydroxylation sites is 1. The number of anilines is 3. The number of hydrogen-bond donors (Lipinski definition) is 0. The average Bonchev–Trinajstić information content (AvgIpc) is 3.01. The lowest BCUT2D eigenvalue weighted by molar-refractivity contribution is 1.07. The second-order valence-corrected chi connectivity index (χ2v) is 10.5. The Morgan fingerprint density at radius 1 is 0.590 bits per heavy atom. The van der Waals surface area contributed by atoms with Crippen LogP contribution in [0.3, 0.4) is 0 Å². The van der Waals surface area contributed by atoms with Gasteiger partial charge in [0.2, 0.25) is 0 Å². The molecule has 2 aliphatic carbocycles. The minimum Gasteiger partial charge on any atom is -0.310 e. The van der Waals surface area contributed by atoms with Crippen LogP contribution in [0.15, 0.2) is 140 Å². The molecule has 0 radical (unpaired) electrons. The maximum absolute atomic E-state index is 2.45. The Balaban J connectivity index is 1.23. The van der Waals surface area contributed by atoms with Crippen molar-refractivity contribution in [3.05, 3.63) is 162 Å². The Labute approximate surface area is 229 Å². The molecule has 1 atom stereocenters. The van der Waals surface area contributed by atoms with Crippen molar-refractivity contribution in [2.75, 3.05) is 4.90 Å². The predicted octanol–water partition coefficient (Wildman–Crippen LogP) is 10.2. The first-order chi connectivity index (χ1) is 19.3. The van der Waals surface area contributed by atoms with Crippen LogP contribution < -0.4 is 4.90 Å². The van der Waals surface area contributed by atoms with Gasteiger partial charge in [-0.2, -0.15) is 0 Å². The maximum Gasteiger partial charge on any atom is 0.0540 e. The van der Waals surface area contributed by atoms with Crippen LogP contribution in [-0.4, -0.2) is 0 Å². The number of rotatable bonds is 4. The summed E-state index contributed by atoms with van der Waals surface area (Å²) in [6.07, 6.45) is 8.14. The molecule has 8 rings (SSSR count). The first-order valence-corrected chi connectivity index (χ1v) is 13.7. The van der Waals surface area contributed by atoms with Crippen molar-refractivity contribution in [3.8, 4) is 0 Å². The first kappa shape index (κ1) is 22.1. The number of benzene rings is 6. The van der Waals surface area contributed by atoms with Crippen LogP contribution in [-0.2, 0) is 6.42 Å². The number of fused-ring (bicyclic) bond motifs is 1. The summed E-state index contributed by atoms with van der Waals surface area (Å²) in [5, 5.41) is 5.27. The lowest BCUT2D eigenvalue weighted by atomic mass is 9.75. The van der Waals surface area contributed by atoms with Crippen LogP contribution >= 0.6 is 0 Å². The van der Waals surface area contributed by atoms with Crippen LogP contribution in [0.2, 0.25) is 0 Å². The van der Waals surface area contributed by atoms with Crippen molar-refractivity contribution in [1.29, 1.82) is 0 Å². The quantitative estimate of drug-likeness (QED) is 0.234. The molecule has 6 aromatic carbocycles. The largest absolute Gasteiger partial charge is 0.310 e. The first-order valence-electron chi connectivity index (χ1n) is 13.7. The molecule has 0 saturated carbocycles. The second kappa shape index (κ2) is 8.85. The van der Waals surface area contributed by atoms with Gasteiger partial charge in [0.15, 0.2) is 0 Å². The zero-order chi connectivity index (χ0) is 25.8. The van der Waals surface area contributed by atoms with Gasteiger partial charge in [0.25, 0.3) is 0 Å². The van der Waals surface area contributed by atoms with Gasteiger partial charge in [-0.15, -0.1) is 0 Å². The Hall–Kier alpha value is -4.88. The van der Waals surface area contributed by atoms with Gasteiger partial charge < -0.3 is 4.90 Å². The molecule has 184 valence electrons. The molecule has 0 aromatic heterocycles. The Kier molecular flexibility index (Phi) is 5.03. The highest BCUT2D eigenvalue weighted by Crippen LogP contribution is 2.47. The fourth-order valence-corrected chi connectivity index (χ4v) is 6.53. The van der Waals surface area contributed by atoms with E-state index in [2.05, 4.69) is 151 Å². The van der Waals surface area contributed by atoms with Gasteiger partial charge in [0.05, 0.1) is 5.69 Å². The van der Waals surface area contributed by atoms with E-state index in [0.29, 0.717) is 0 Å². The molecule has 0 N–H and O–H groups in total. The van der Waals surface area contributed by atoms with E-state index in [1.807, 2.05) is 0 Å². The molecule has 1 heteroatoms. The molecule has 2 aliphatic rings. The maximum atomic E-state index is 2.45. The number of nitrogens with zero attached hydrogens (tertiary/aromatic N) is 1. The van der Waals surface area contributed by atoms with E-state index in [9.17, 15) is 0 Å². The van der Waals surface area contributed by atoms with Crippen LogP contribution in [0, 0.1) is 0 Å². The predicted molar refractivity (Wildman–Crippen MR) is 166 cm³/mol. The molecule has 1 unspecified atom stereocenters. The topological polar surface area (TPSA) is 3.24 Å². The van der Waals surface area contributed by atoms with Crippen molar-refractivity contribution < 1.29 is 0 Å². The van der Waals surface area contributed by atoms with E-state index >= 15 is 0 Å². The molecule has 1 nitrogen and oxygen atoms in total. The molecule has 0 spiro atoms. The fraction of sp³-hybridized carbons (Fsp3) is 0.0526. The molecule has 0 bridgehead atoms. The summed E-state index contributed by atoms with van der Waals surface area (Å²) in [6, 6.07) is 46.3. The van der Waals surface area contributed by atoms with Crippen molar-refractivity contribution >= 4 is 50.3 Å². The van der Waals surface area contributed by atoms with E-state index in [4.69, 9.17) is 0 Å². The smallest absolute Gasteiger partial charge is 0.0540 e. The lowest BCUT2D eigenvalue weighted by Crippen LogP contribution is -2.12. The van der Waals surface area contributed by atoms with Crippen LogP contribution in [0.5, 0.6) is 0 Å². The van der Waals surface area contributed by atoms with Crippen LogP contribution in [0.4, 0.5) is 17.1 Å². The highest BCUT2D eigenvalue weighted by molar-refractivity contribution is 6.04. The summed E-state index contributed by atoms with van der Waals surface area (Å²) in [5.41, 5.74) is 10.5. The monoisotopic (exact) mass is 497 g/mol. The third-order valence-electron chi connectivity index (χ3n) is 8.33. The molecule has 0 heterocycles. The van der Waals surface area contributed by atoms with Crippen LogP contribution in [0.1, 0.15) is 28.2 Å². The van der Waals surface area contributed by atoms with Gasteiger partial charge in [-0.3, -0.25) is 0 Å². The summed E-state index contributed by atoms with van der Waals surface area (Å²) in [7, 11) is 0. The van der Waals surface area contributed by atoms with E-state index in [-0.39, 0.29) is 5.92 Å². The minimum absolute atomic E-state index is 0.258. The zero-order valence-corrected chi connectivity index (χ0v) is 21.6. The fourth-order valence-electron chi connectivity index (χ4n) is 6.53. The Bertz CT molecular complexity index is 1920. The molecular weight excluding hydrogens is 470 g/mol. The highest BCUT2D eigenvalue weighted by Gasteiger charge is 2.27. The van der Waals surface area contributed by atoms with Gasteiger partial charge in [-0.1, -0.05) is 115 Å². The number of hydrogen-bond acceptors (Lipinski definition) is 1. The molecule has 6 aromatic rings. The van der Waals surface area contributed by atoms with E-state index in [1.165, 1.54) is 55.1 Å². The highest BCUT2D eigenvalue weighted by atomic mass is 15.1. The van der Waals surface area contributed by atoms with E-state index in [0.717, 1.165) is 17.8 Å². The minimum atomic E-state index is 0.258. The molecule has 0 amide bonds. The van der Waals surface area contributed by atoms with Gasteiger partial charge in [0.1, 0.15) is 0 Å². The molecule has 0 aliphatic heterocycles.